The molecule has 2 N–H and O–H groups in total. The molecule has 0 saturated carbocycles. The van der Waals surface area contributed by atoms with Crippen LogP contribution in [-0.2, 0) is 4.79 Å². The van der Waals surface area contributed by atoms with Crippen molar-refractivity contribution in [2.24, 2.45) is 5.73 Å². The van der Waals surface area contributed by atoms with Gasteiger partial charge in [-0.25, -0.2) is 9.37 Å². The fraction of sp³-hybridized carbons (Fsp3) is 0.0909. The second-order valence-electron chi connectivity index (χ2n) is 3.31. The maximum Gasteiger partial charge on any atom is 0.227 e. The van der Waals surface area contributed by atoms with Crippen LogP contribution in [0.2, 0.25) is 0 Å². The number of benzene rings is 1. The first-order valence-corrected chi connectivity index (χ1v) is 5.86. The molecule has 88 valence electrons. The van der Waals surface area contributed by atoms with E-state index >= 15 is 0 Å². The summed E-state index contributed by atoms with van der Waals surface area (Å²) in [5, 5.41) is 0.606. The van der Waals surface area contributed by atoms with Crippen LogP contribution in [0, 0.1) is 5.82 Å². The highest BCUT2D eigenvalue weighted by Crippen LogP contribution is 2.20. The molecule has 2 aromatic rings. The fourth-order valence-corrected chi connectivity index (χ4v) is 2.07. The average Bonchev–Trinajstić information content (AvgIpc) is 2.74. The minimum absolute atomic E-state index is 0.145. The maximum atomic E-state index is 13.1. The Kier molecular flexibility index (Phi) is 3.43. The van der Waals surface area contributed by atoms with Gasteiger partial charge in [0.1, 0.15) is 5.82 Å². The number of carbonyl (C=O) groups is 1. The first kappa shape index (κ1) is 11.7. The van der Waals surface area contributed by atoms with Gasteiger partial charge < -0.3 is 5.73 Å². The van der Waals surface area contributed by atoms with Crippen LogP contribution >= 0.6 is 11.8 Å². The van der Waals surface area contributed by atoms with Crippen LogP contribution in [0.1, 0.15) is 0 Å². The van der Waals surface area contributed by atoms with Gasteiger partial charge in [0.2, 0.25) is 5.91 Å². The molecular weight excluding hydrogens is 241 g/mol. The minimum Gasteiger partial charge on any atom is -0.369 e. The number of primary amides is 1. The van der Waals surface area contributed by atoms with E-state index < -0.39 is 5.91 Å². The summed E-state index contributed by atoms with van der Waals surface area (Å²) in [7, 11) is 0. The van der Waals surface area contributed by atoms with E-state index in [2.05, 4.69) is 4.98 Å². The van der Waals surface area contributed by atoms with Crippen LogP contribution < -0.4 is 5.73 Å². The number of hydrogen-bond acceptors (Lipinski definition) is 3. The molecule has 1 aromatic heterocycles. The molecule has 0 unspecified atom stereocenters. The van der Waals surface area contributed by atoms with Crippen molar-refractivity contribution in [3.63, 3.8) is 0 Å². The summed E-state index contributed by atoms with van der Waals surface area (Å²) in [6.07, 6.45) is 3.30. The van der Waals surface area contributed by atoms with E-state index in [9.17, 15) is 9.18 Å². The molecule has 6 heteroatoms. The quantitative estimate of drug-likeness (QED) is 0.839. The smallest absolute Gasteiger partial charge is 0.227 e. The number of thioether (sulfide) groups is 1. The lowest BCUT2D eigenvalue weighted by molar-refractivity contribution is -0.115. The summed E-state index contributed by atoms with van der Waals surface area (Å²) in [5.41, 5.74) is 5.73. The molecule has 1 aromatic carbocycles. The van der Waals surface area contributed by atoms with Crippen LogP contribution in [0.5, 0.6) is 0 Å². The van der Waals surface area contributed by atoms with Crippen molar-refractivity contribution in [3.8, 4) is 5.69 Å². The van der Waals surface area contributed by atoms with E-state index in [1.807, 2.05) is 0 Å². The highest BCUT2D eigenvalue weighted by molar-refractivity contribution is 7.99. The molecule has 0 atom stereocenters. The van der Waals surface area contributed by atoms with Crippen molar-refractivity contribution in [2.45, 2.75) is 5.16 Å². The van der Waals surface area contributed by atoms with Crippen molar-refractivity contribution in [3.05, 3.63) is 42.5 Å². The molecular formula is C11H10FN3OS. The largest absolute Gasteiger partial charge is 0.369 e. The highest BCUT2D eigenvalue weighted by atomic mass is 32.2. The Bertz CT molecular complexity index is 541. The summed E-state index contributed by atoms with van der Waals surface area (Å²) >= 11 is 1.22. The van der Waals surface area contributed by atoms with E-state index in [1.165, 1.54) is 23.9 Å². The predicted molar refractivity (Wildman–Crippen MR) is 63.4 cm³/mol. The van der Waals surface area contributed by atoms with Crippen molar-refractivity contribution >= 4 is 17.7 Å². The number of hydrogen-bond donors (Lipinski definition) is 1. The van der Waals surface area contributed by atoms with Gasteiger partial charge >= 0.3 is 0 Å². The molecule has 0 fully saturated rings. The lowest BCUT2D eigenvalue weighted by Crippen LogP contribution is -2.13. The highest BCUT2D eigenvalue weighted by Gasteiger charge is 2.07. The minimum atomic E-state index is -0.413. The molecule has 0 aliphatic rings. The Balaban J connectivity index is 2.27. The monoisotopic (exact) mass is 251 g/mol. The van der Waals surface area contributed by atoms with E-state index in [1.54, 1.807) is 29.1 Å². The molecule has 0 spiro atoms. The van der Waals surface area contributed by atoms with Gasteiger partial charge in [-0.05, 0) is 18.2 Å². The SMILES string of the molecule is NC(=O)CSc1nccn1-c1cccc(F)c1. The summed E-state index contributed by atoms with van der Waals surface area (Å²) in [5.74, 6) is -0.586. The molecule has 1 amide bonds. The summed E-state index contributed by atoms with van der Waals surface area (Å²) in [4.78, 5) is 14.8. The summed E-state index contributed by atoms with van der Waals surface area (Å²) in [6.45, 7) is 0. The van der Waals surface area contributed by atoms with Crippen LogP contribution in [0.15, 0.2) is 41.8 Å². The molecule has 0 saturated heterocycles. The van der Waals surface area contributed by atoms with Gasteiger partial charge in [0, 0.05) is 12.4 Å². The number of aromatic nitrogens is 2. The number of nitrogens with zero attached hydrogens (tertiary/aromatic N) is 2. The predicted octanol–water partition coefficient (Wildman–Crippen LogP) is 1.59. The lowest BCUT2D eigenvalue weighted by atomic mass is 10.3. The van der Waals surface area contributed by atoms with Crippen LogP contribution in [0.25, 0.3) is 5.69 Å². The van der Waals surface area contributed by atoms with Crippen LogP contribution in [0.3, 0.4) is 0 Å². The number of rotatable bonds is 4. The number of nitrogens with two attached hydrogens (primary N) is 1. The lowest BCUT2D eigenvalue weighted by Gasteiger charge is -2.06. The molecule has 0 aliphatic carbocycles. The van der Waals surface area contributed by atoms with E-state index in [4.69, 9.17) is 5.73 Å². The number of amides is 1. The van der Waals surface area contributed by atoms with Gasteiger partial charge in [0.25, 0.3) is 0 Å². The zero-order valence-corrected chi connectivity index (χ0v) is 9.65. The Morgan fingerprint density at radius 2 is 2.35 bits per heavy atom. The van der Waals surface area contributed by atoms with Crippen molar-refractivity contribution in [2.75, 3.05) is 5.75 Å². The van der Waals surface area contributed by atoms with Gasteiger partial charge in [-0.3, -0.25) is 9.36 Å². The van der Waals surface area contributed by atoms with Crippen LogP contribution in [0.4, 0.5) is 4.39 Å². The molecule has 0 aliphatic heterocycles. The Morgan fingerprint density at radius 1 is 1.53 bits per heavy atom. The molecule has 4 nitrogen and oxygen atoms in total. The molecule has 0 radical (unpaired) electrons. The van der Waals surface area contributed by atoms with E-state index in [0.29, 0.717) is 10.8 Å². The van der Waals surface area contributed by atoms with Crippen molar-refractivity contribution in [1.29, 1.82) is 0 Å². The Hall–Kier alpha value is -1.82. The topological polar surface area (TPSA) is 60.9 Å². The van der Waals surface area contributed by atoms with Gasteiger partial charge in [-0.2, -0.15) is 0 Å². The molecule has 1 heterocycles. The first-order chi connectivity index (χ1) is 8.16. The Labute approximate surface area is 102 Å². The zero-order valence-electron chi connectivity index (χ0n) is 8.84. The third-order valence-electron chi connectivity index (χ3n) is 2.04. The number of carbonyl (C=O) groups excluding carboxylic acids is 1. The van der Waals surface area contributed by atoms with Gasteiger partial charge in [0.05, 0.1) is 11.4 Å². The normalized spacial score (nSPS) is 10.4. The van der Waals surface area contributed by atoms with Gasteiger partial charge in [0.15, 0.2) is 5.16 Å². The molecule has 0 bridgehead atoms. The fourth-order valence-electron chi connectivity index (χ4n) is 1.35. The van der Waals surface area contributed by atoms with Crippen LogP contribution in [-0.4, -0.2) is 21.2 Å². The number of halogens is 1. The van der Waals surface area contributed by atoms with Crippen molar-refractivity contribution in [1.82, 2.24) is 9.55 Å². The van der Waals surface area contributed by atoms with E-state index in [-0.39, 0.29) is 11.6 Å². The van der Waals surface area contributed by atoms with Crippen molar-refractivity contribution < 1.29 is 9.18 Å². The van der Waals surface area contributed by atoms with Gasteiger partial charge in [-0.1, -0.05) is 17.8 Å². The standard InChI is InChI=1S/C11H10FN3OS/c12-8-2-1-3-9(6-8)15-5-4-14-11(15)17-7-10(13)16/h1-6H,7H2,(H2,13,16). The first-order valence-electron chi connectivity index (χ1n) is 4.87. The number of imidazole rings is 1. The van der Waals surface area contributed by atoms with Gasteiger partial charge in [-0.15, -0.1) is 0 Å². The second-order valence-corrected chi connectivity index (χ2v) is 4.26. The summed E-state index contributed by atoms with van der Waals surface area (Å²) in [6, 6.07) is 6.15. The third-order valence-corrected chi connectivity index (χ3v) is 3.03. The maximum absolute atomic E-state index is 13.1. The second kappa shape index (κ2) is 5.01. The molecule has 2 rings (SSSR count). The average molecular weight is 251 g/mol. The Morgan fingerprint density at radius 3 is 3.06 bits per heavy atom. The molecule has 17 heavy (non-hydrogen) atoms. The van der Waals surface area contributed by atoms with E-state index in [0.717, 1.165) is 0 Å². The zero-order chi connectivity index (χ0) is 12.3. The third kappa shape index (κ3) is 2.85. The summed E-state index contributed by atoms with van der Waals surface area (Å²) < 4.78 is 14.8.